The van der Waals surface area contributed by atoms with Gasteiger partial charge in [-0.25, -0.2) is 0 Å². The second kappa shape index (κ2) is 5.41. The van der Waals surface area contributed by atoms with Gasteiger partial charge in [-0.15, -0.1) is 6.42 Å². The molecule has 0 aliphatic heterocycles. The second-order valence-electron chi connectivity index (χ2n) is 3.19. The lowest BCUT2D eigenvalue weighted by Crippen LogP contribution is -2.23. The SMILES string of the molecule is C#CC(C)NCc1ccc(C#N)cc1Cl. The summed E-state index contributed by atoms with van der Waals surface area (Å²) in [4.78, 5) is 0. The van der Waals surface area contributed by atoms with Crippen LogP contribution in [0.5, 0.6) is 0 Å². The molecule has 2 nitrogen and oxygen atoms in total. The number of nitriles is 1. The largest absolute Gasteiger partial charge is 0.300 e. The van der Waals surface area contributed by atoms with Crippen LogP contribution in [0.2, 0.25) is 5.02 Å². The maximum Gasteiger partial charge on any atom is 0.0992 e. The first-order chi connectivity index (χ1) is 7.17. The van der Waals surface area contributed by atoms with Crippen molar-refractivity contribution >= 4 is 11.6 Å². The summed E-state index contributed by atoms with van der Waals surface area (Å²) >= 11 is 5.99. The third-order valence-corrected chi connectivity index (χ3v) is 2.38. The summed E-state index contributed by atoms with van der Waals surface area (Å²) < 4.78 is 0. The minimum Gasteiger partial charge on any atom is -0.300 e. The molecule has 1 aromatic carbocycles. The second-order valence-corrected chi connectivity index (χ2v) is 3.59. The van der Waals surface area contributed by atoms with E-state index < -0.39 is 0 Å². The molecule has 1 N–H and O–H groups in total. The van der Waals surface area contributed by atoms with Crippen molar-refractivity contribution in [3.8, 4) is 18.4 Å². The van der Waals surface area contributed by atoms with E-state index in [4.69, 9.17) is 23.3 Å². The van der Waals surface area contributed by atoms with Gasteiger partial charge in [-0.3, -0.25) is 5.32 Å². The topological polar surface area (TPSA) is 35.8 Å². The molecule has 0 radical (unpaired) electrons. The molecule has 1 rings (SSSR count). The fraction of sp³-hybridized carbons (Fsp3) is 0.250. The molecule has 0 aliphatic rings. The molecule has 1 atom stereocenters. The Bertz CT molecular complexity index is 426. The Morgan fingerprint density at radius 2 is 2.33 bits per heavy atom. The predicted molar refractivity (Wildman–Crippen MR) is 61.3 cm³/mol. The van der Waals surface area contributed by atoms with Crippen molar-refractivity contribution < 1.29 is 0 Å². The van der Waals surface area contributed by atoms with Crippen LogP contribution in [0, 0.1) is 23.7 Å². The predicted octanol–water partition coefficient (Wildman–Crippen LogP) is 2.32. The Labute approximate surface area is 94.9 Å². The quantitative estimate of drug-likeness (QED) is 0.791. The summed E-state index contributed by atoms with van der Waals surface area (Å²) in [5.41, 5.74) is 1.51. The zero-order chi connectivity index (χ0) is 11.3. The van der Waals surface area contributed by atoms with E-state index in [1.807, 2.05) is 19.1 Å². The molecular weight excluding hydrogens is 208 g/mol. The van der Waals surface area contributed by atoms with Crippen LogP contribution < -0.4 is 5.32 Å². The van der Waals surface area contributed by atoms with Gasteiger partial charge >= 0.3 is 0 Å². The maximum atomic E-state index is 8.66. The standard InChI is InChI=1S/C12H11ClN2/c1-3-9(2)15-8-11-5-4-10(7-14)6-12(11)13/h1,4-6,9,15H,8H2,2H3. The number of benzene rings is 1. The van der Waals surface area contributed by atoms with Crippen LogP contribution in [-0.2, 0) is 6.54 Å². The minimum atomic E-state index is 0.0108. The summed E-state index contributed by atoms with van der Waals surface area (Å²) in [7, 11) is 0. The average Bonchev–Trinajstić information content (AvgIpc) is 2.26. The fourth-order valence-corrected chi connectivity index (χ4v) is 1.33. The summed E-state index contributed by atoms with van der Waals surface area (Å²) in [6, 6.07) is 7.27. The highest BCUT2D eigenvalue weighted by atomic mass is 35.5. The first kappa shape index (κ1) is 11.6. The summed E-state index contributed by atoms with van der Waals surface area (Å²) in [5.74, 6) is 2.57. The lowest BCUT2D eigenvalue weighted by Gasteiger charge is -2.08. The molecule has 0 amide bonds. The molecule has 76 valence electrons. The monoisotopic (exact) mass is 218 g/mol. The van der Waals surface area contributed by atoms with E-state index in [0.717, 1.165) is 5.56 Å². The molecular formula is C12H11ClN2. The van der Waals surface area contributed by atoms with Gasteiger partial charge in [-0.1, -0.05) is 23.6 Å². The zero-order valence-corrected chi connectivity index (χ0v) is 9.17. The molecule has 1 aromatic rings. The van der Waals surface area contributed by atoms with E-state index in [1.54, 1.807) is 12.1 Å². The first-order valence-corrected chi connectivity index (χ1v) is 4.93. The van der Waals surface area contributed by atoms with Crippen LogP contribution in [0.15, 0.2) is 18.2 Å². The summed E-state index contributed by atoms with van der Waals surface area (Å²) in [6.45, 7) is 2.51. The molecule has 0 heterocycles. The zero-order valence-electron chi connectivity index (χ0n) is 8.42. The number of nitrogens with zero attached hydrogens (tertiary/aromatic N) is 1. The van der Waals surface area contributed by atoms with Crippen molar-refractivity contribution in [2.75, 3.05) is 0 Å². The van der Waals surface area contributed by atoms with Gasteiger partial charge in [0.1, 0.15) is 0 Å². The van der Waals surface area contributed by atoms with Gasteiger partial charge in [-0.2, -0.15) is 5.26 Å². The number of hydrogen-bond donors (Lipinski definition) is 1. The van der Waals surface area contributed by atoms with Crippen LogP contribution in [0.1, 0.15) is 18.1 Å². The molecule has 0 bridgehead atoms. The van der Waals surface area contributed by atoms with Crippen molar-refractivity contribution in [3.63, 3.8) is 0 Å². The number of halogens is 1. The third-order valence-electron chi connectivity index (χ3n) is 2.03. The molecule has 0 spiro atoms. The van der Waals surface area contributed by atoms with E-state index >= 15 is 0 Å². The van der Waals surface area contributed by atoms with Gasteiger partial charge in [0.25, 0.3) is 0 Å². The van der Waals surface area contributed by atoms with Gasteiger partial charge in [0.05, 0.1) is 17.7 Å². The van der Waals surface area contributed by atoms with Gasteiger partial charge in [0, 0.05) is 11.6 Å². The van der Waals surface area contributed by atoms with Gasteiger partial charge < -0.3 is 0 Å². The van der Waals surface area contributed by atoms with Crippen LogP contribution in [0.4, 0.5) is 0 Å². The van der Waals surface area contributed by atoms with Crippen LogP contribution in [0.3, 0.4) is 0 Å². The van der Waals surface area contributed by atoms with E-state index in [0.29, 0.717) is 17.1 Å². The lowest BCUT2D eigenvalue weighted by atomic mass is 10.1. The molecule has 0 aromatic heterocycles. The number of terminal acetylenes is 1. The summed E-state index contributed by atoms with van der Waals surface area (Å²) in [6.07, 6.45) is 5.23. The molecule has 0 fully saturated rings. The Morgan fingerprint density at radius 1 is 1.60 bits per heavy atom. The highest BCUT2D eigenvalue weighted by Gasteiger charge is 2.02. The number of rotatable bonds is 3. The third kappa shape index (κ3) is 3.29. The molecule has 3 heteroatoms. The van der Waals surface area contributed by atoms with E-state index in [9.17, 15) is 0 Å². The van der Waals surface area contributed by atoms with Crippen molar-refractivity contribution in [1.29, 1.82) is 5.26 Å². The van der Waals surface area contributed by atoms with Crippen LogP contribution >= 0.6 is 11.6 Å². The van der Waals surface area contributed by atoms with Gasteiger partial charge in [0.15, 0.2) is 0 Å². The van der Waals surface area contributed by atoms with E-state index in [1.165, 1.54) is 0 Å². The van der Waals surface area contributed by atoms with Crippen molar-refractivity contribution in [2.45, 2.75) is 19.5 Å². The average molecular weight is 219 g/mol. The minimum absolute atomic E-state index is 0.0108. The normalized spacial score (nSPS) is 11.5. The first-order valence-electron chi connectivity index (χ1n) is 4.55. The van der Waals surface area contributed by atoms with E-state index in [-0.39, 0.29) is 6.04 Å². The van der Waals surface area contributed by atoms with Crippen molar-refractivity contribution in [1.82, 2.24) is 5.32 Å². The Kier molecular flexibility index (Phi) is 4.18. The fourth-order valence-electron chi connectivity index (χ4n) is 1.08. The van der Waals surface area contributed by atoms with Gasteiger partial charge in [-0.05, 0) is 24.6 Å². The van der Waals surface area contributed by atoms with E-state index in [2.05, 4.69) is 11.2 Å². The molecule has 15 heavy (non-hydrogen) atoms. The molecule has 0 saturated heterocycles. The smallest absolute Gasteiger partial charge is 0.0992 e. The number of hydrogen-bond acceptors (Lipinski definition) is 2. The van der Waals surface area contributed by atoms with Gasteiger partial charge in [0.2, 0.25) is 0 Å². The molecule has 0 saturated carbocycles. The Morgan fingerprint density at radius 3 is 2.87 bits per heavy atom. The van der Waals surface area contributed by atoms with Crippen LogP contribution in [-0.4, -0.2) is 6.04 Å². The van der Waals surface area contributed by atoms with Crippen LogP contribution in [0.25, 0.3) is 0 Å². The van der Waals surface area contributed by atoms with Crippen molar-refractivity contribution in [3.05, 3.63) is 34.3 Å². The maximum absolute atomic E-state index is 8.66. The lowest BCUT2D eigenvalue weighted by molar-refractivity contribution is 0.648. The highest BCUT2D eigenvalue weighted by molar-refractivity contribution is 6.31. The molecule has 0 aliphatic carbocycles. The van der Waals surface area contributed by atoms with Crippen molar-refractivity contribution in [2.24, 2.45) is 0 Å². The summed E-state index contributed by atoms with van der Waals surface area (Å²) in [5, 5.41) is 12.4. The number of nitrogens with one attached hydrogen (secondary N) is 1. The molecule has 1 unspecified atom stereocenters. The highest BCUT2D eigenvalue weighted by Crippen LogP contribution is 2.17. The Balaban J connectivity index is 2.72. The Hall–Kier alpha value is -1.48.